The summed E-state index contributed by atoms with van der Waals surface area (Å²) in [7, 11) is 1.88. The number of aryl methyl sites for hydroxylation is 1. The fraction of sp³-hybridized carbons (Fsp3) is 0.250. The van der Waals surface area contributed by atoms with Gasteiger partial charge >= 0.3 is 6.18 Å². The first kappa shape index (κ1) is 18.6. The van der Waals surface area contributed by atoms with Gasteiger partial charge in [0.1, 0.15) is 5.82 Å². The average Bonchev–Trinajstić information content (AvgIpc) is 2.96. The van der Waals surface area contributed by atoms with Gasteiger partial charge in [0.25, 0.3) is 0 Å². The molecule has 0 atom stereocenters. The minimum absolute atomic E-state index is 0.589. The summed E-state index contributed by atoms with van der Waals surface area (Å²) in [5.74, 6) is 1.34. The van der Waals surface area contributed by atoms with E-state index in [0.717, 1.165) is 17.3 Å². The fourth-order valence-electron chi connectivity index (χ4n) is 2.81. The molecule has 0 radical (unpaired) electrons. The largest absolute Gasteiger partial charge is 0.416 e. The zero-order valence-electron chi connectivity index (χ0n) is 14.8. The van der Waals surface area contributed by atoms with Gasteiger partial charge in [0, 0.05) is 17.5 Å². The Labute approximate surface area is 155 Å². The Morgan fingerprint density at radius 1 is 1.08 bits per heavy atom. The summed E-state index contributed by atoms with van der Waals surface area (Å²) in [5, 5.41) is 0. The summed E-state index contributed by atoms with van der Waals surface area (Å²) < 4.78 is 41.1. The molecule has 0 aliphatic carbocycles. The lowest BCUT2D eigenvalue weighted by Gasteiger charge is -2.13. The van der Waals surface area contributed by atoms with Gasteiger partial charge in [-0.1, -0.05) is 36.8 Å². The zero-order chi connectivity index (χ0) is 18.9. The highest BCUT2D eigenvalue weighted by Crippen LogP contribution is 2.38. The normalized spacial score (nSPS) is 11.8. The topological polar surface area (TPSA) is 17.8 Å². The number of hydrogen-bond acceptors (Lipinski definition) is 2. The molecule has 3 rings (SSSR count). The van der Waals surface area contributed by atoms with Gasteiger partial charge in [0.05, 0.1) is 17.5 Å². The Hall–Kier alpha value is -2.21. The summed E-state index contributed by atoms with van der Waals surface area (Å²) in [6.07, 6.45) is -2.59. The number of benzene rings is 2. The molecule has 0 bridgehead atoms. The van der Waals surface area contributed by atoms with Crippen molar-refractivity contribution in [3.8, 4) is 22.6 Å². The van der Waals surface area contributed by atoms with Crippen LogP contribution in [0.5, 0.6) is 0 Å². The standard InChI is InChI=1S/C20H19F3N2S/c1-4-26-18-11-15(20(21,22)23)9-10-16(18)19-24-12-17(25(19)3)14-7-5-13(2)6-8-14/h5-12H,4H2,1-3H3. The molecule has 2 aromatic carbocycles. The molecule has 0 saturated heterocycles. The van der Waals surface area contributed by atoms with E-state index in [1.165, 1.54) is 29.5 Å². The molecular formula is C20H19F3N2S. The number of thioether (sulfide) groups is 1. The van der Waals surface area contributed by atoms with Crippen molar-refractivity contribution in [3.63, 3.8) is 0 Å². The van der Waals surface area contributed by atoms with E-state index in [-0.39, 0.29) is 0 Å². The smallest absolute Gasteiger partial charge is 0.327 e. The Balaban J connectivity index is 2.08. The summed E-state index contributed by atoms with van der Waals surface area (Å²) in [5.41, 5.74) is 3.19. The Morgan fingerprint density at radius 2 is 1.77 bits per heavy atom. The molecule has 0 fully saturated rings. The van der Waals surface area contributed by atoms with Crippen molar-refractivity contribution >= 4 is 11.8 Å². The molecule has 0 spiro atoms. The molecule has 2 nitrogen and oxygen atoms in total. The molecule has 1 aromatic heterocycles. The van der Waals surface area contributed by atoms with Crippen molar-refractivity contribution in [3.05, 3.63) is 59.8 Å². The number of nitrogens with zero attached hydrogens (tertiary/aromatic N) is 2. The van der Waals surface area contributed by atoms with Crippen LogP contribution in [0.4, 0.5) is 13.2 Å². The molecule has 1 heterocycles. The lowest BCUT2D eigenvalue weighted by atomic mass is 10.1. The molecule has 0 unspecified atom stereocenters. The van der Waals surface area contributed by atoms with Crippen LogP contribution in [0.2, 0.25) is 0 Å². The summed E-state index contributed by atoms with van der Waals surface area (Å²) >= 11 is 1.39. The predicted molar refractivity (Wildman–Crippen MR) is 100 cm³/mol. The van der Waals surface area contributed by atoms with E-state index < -0.39 is 11.7 Å². The highest BCUT2D eigenvalue weighted by molar-refractivity contribution is 7.99. The van der Waals surface area contributed by atoms with Crippen LogP contribution >= 0.6 is 11.8 Å². The summed E-state index contributed by atoms with van der Waals surface area (Å²) in [6.45, 7) is 3.94. The van der Waals surface area contributed by atoms with E-state index in [9.17, 15) is 13.2 Å². The minimum Gasteiger partial charge on any atom is -0.327 e. The lowest BCUT2D eigenvalue weighted by molar-refractivity contribution is -0.137. The van der Waals surface area contributed by atoms with E-state index in [4.69, 9.17) is 0 Å². The zero-order valence-corrected chi connectivity index (χ0v) is 15.6. The Kier molecular flexibility index (Phi) is 5.14. The van der Waals surface area contributed by atoms with Crippen LogP contribution in [0.15, 0.2) is 53.6 Å². The summed E-state index contributed by atoms with van der Waals surface area (Å²) in [4.78, 5) is 5.08. The van der Waals surface area contributed by atoms with Crippen molar-refractivity contribution in [2.45, 2.75) is 24.9 Å². The van der Waals surface area contributed by atoms with Crippen molar-refractivity contribution in [1.29, 1.82) is 0 Å². The maximum absolute atomic E-state index is 13.0. The maximum atomic E-state index is 13.0. The van der Waals surface area contributed by atoms with Crippen LogP contribution in [0, 0.1) is 6.92 Å². The number of alkyl halides is 3. The van der Waals surface area contributed by atoms with Crippen LogP contribution in [0.25, 0.3) is 22.6 Å². The van der Waals surface area contributed by atoms with Gasteiger partial charge < -0.3 is 4.57 Å². The van der Waals surface area contributed by atoms with E-state index in [2.05, 4.69) is 4.98 Å². The highest BCUT2D eigenvalue weighted by atomic mass is 32.2. The van der Waals surface area contributed by atoms with Crippen LogP contribution in [-0.2, 0) is 13.2 Å². The van der Waals surface area contributed by atoms with Gasteiger partial charge in [-0.2, -0.15) is 13.2 Å². The first-order chi connectivity index (χ1) is 12.3. The molecule has 6 heteroatoms. The van der Waals surface area contributed by atoms with Crippen molar-refractivity contribution < 1.29 is 13.2 Å². The molecule has 136 valence electrons. The van der Waals surface area contributed by atoms with Gasteiger partial charge in [0.15, 0.2) is 0 Å². The van der Waals surface area contributed by atoms with Gasteiger partial charge in [-0.05, 0) is 36.4 Å². The first-order valence-corrected chi connectivity index (χ1v) is 9.23. The van der Waals surface area contributed by atoms with Gasteiger partial charge in [0.2, 0.25) is 0 Å². The first-order valence-electron chi connectivity index (χ1n) is 8.24. The Bertz CT molecular complexity index is 912. The molecule has 0 aliphatic heterocycles. The SMILES string of the molecule is CCSc1cc(C(F)(F)F)ccc1-c1ncc(-c2ccc(C)cc2)n1C. The monoisotopic (exact) mass is 376 g/mol. The quantitative estimate of drug-likeness (QED) is 0.505. The number of rotatable bonds is 4. The van der Waals surface area contributed by atoms with Crippen molar-refractivity contribution in [2.24, 2.45) is 7.05 Å². The van der Waals surface area contributed by atoms with Crippen molar-refractivity contribution in [2.75, 3.05) is 5.75 Å². The summed E-state index contributed by atoms with van der Waals surface area (Å²) in [6, 6.07) is 11.9. The Morgan fingerprint density at radius 3 is 2.38 bits per heavy atom. The highest BCUT2D eigenvalue weighted by Gasteiger charge is 2.31. The fourth-order valence-corrected chi connectivity index (χ4v) is 3.65. The van der Waals surface area contributed by atoms with Gasteiger partial charge in [-0.25, -0.2) is 4.98 Å². The molecule has 0 N–H and O–H groups in total. The van der Waals surface area contributed by atoms with Crippen molar-refractivity contribution in [1.82, 2.24) is 9.55 Å². The van der Waals surface area contributed by atoms with Gasteiger partial charge in [-0.15, -0.1) is 11.8 Å². The second-order valence-corrected chi connectivity index (χ2v) is 7.34. The van der Waals surface area contributed by atoms with Crippen LogP contribution in [0.3, 0.4) is 0 Å². The number of hydrogen-bond donors (Lipinski definition) is 0. The molecule has 26 heavy (non-hydrogen) atoms. The van der Waals surface area contributed by atoms with Crippen LogP contribution < -0.4 is 0 Å². The predicted octanol–water partition coefficient (Wildman–Crippen LogP) is 6.19. The van der Waals surface area contributed by atoms with E-state index in [0.29, 0.717) is 22.0 Å². The minimum atomic E-state index is -4.35. The van der Waals surface area contributed by atoms with Gasteiger partial charge in [-0.3, -0.25) is 0 Å². The van der Waals surface area contributed by atoms with E-state index in [1.54, 1.807) is 6.20 Å². The third-order valence-electron chi connectivity index (χ3n) is 4.19. The maximum Gasteiger partial charge on any atom is 0.416 e. The van der Waals surface area contributed by atoms with E-state index >= 15 is 0 Å². The van der Waals surface area contributed by atoms with Crippen LogP contribution in [-0.4, -0.2) is 15.3 Å². The molecule has 0 aliphatic rings. The molecular weight excluding hydrogens is 357 g/mol. The molecule has 0 amide bonds. The third kappa shape index (κ3) is 3.65. The second-order valence-electron chi connectivity index (χ2n) is 6.03. The molecule has 3 aromatic rings. The number of halogens is 3. The lowest BCUT2D eigenvalue weighted by Crippen LogP contribution is -2.05. The third-order valence-corrected chi connectivity index (χ3v) is 5.12. The average molecular weight is 376 g/mol. The van der Waals surface area contributed by atoms with Crippen LogP contribution in [0.1, 0.15) is 18.1 Å². The number of imidazole rings is 1. The second kappa shape index (κ2) is 7.19. The number of aromatic nitrogens is 2. The van der Waals surface area contributed by atoms with E-state index in [1.807, 2.05) is 49.7 Å². The molecule has 0 saturated carbocycles.